The molecule has 0 aliphatic rings. The van der Waals surface area contributed by atoms with Crippen molar-refractivity contribution in [2.75, 3.05) is 11.6 Å². The molecule has 0 fully saturated rings. The van der Waals surface area contributed by atoms with Crippen LogP contribution in [0.2, 0.25) is 5.15 Å². The Kier molecular flexibility index (Phi) is 4.60. The summed E-state index contributed by atoms with van der Waals surface area (Å²) in [6, 6.07) is 3.04. The number of aliphatic hydroxyl groups is 2. The second-order valence-corrected chi connectivity index (χ2v) is 3.86. The van der Waals surface area contributed by atoms with Gasteiger partial charge in [-0.1, -0.05) is 11.6 Å². The molecule has 1 rings (SSSR count). The topological polar surface area (TPSA) is 79.4 Å². The van der Waals surface area contributed by atoms with Gasteiger partial charge in [0, 0.05) is 5.88 Å². The van der Waals surface area contributed by atoms with Crippen LogP contribution in [0.4, 0.5) is 5.69 Å². The highest BCUT2D eigenvalue weighted by Gasteiger charge is 2.21. The van der Waals surface area contributed by atoms with Crippen LogP contribution in [0.15, 0.2) is 12.1 Å². The predicted molar refractivity (Wildman–Crippen MR) is 60.0 cm³/mol. The number of rotatable bonds is 4. The third-order valence-electron chi connectivity index (χ3n) is 1.97. The zero-order chi connectivity index (χ0) is 11.4. The van der Waals surface area contributed by atoms with Gasteiger partial charge in [0.25, 0.3) is 0 Å². The van der Waals surface area contributed by atoms with Crippen molar-refractivity contribution in [2.45, 2.75) is 18.6 Å². The van der Waals surface area contributed by atoms with Crippen LogP contribution in [0.1, 0.15) is 18.2 Å². The molecule has 0 amide bonds. The molecule has 0 bridgehead atoms. The van der Waals surface area contributed by atoms with E-state index in [0.29, 0.717) is 5.69 Å². The highest BCUT2D eigenvalue weighted by molar-refractivity contribution is 6.29. The van der Waals surface area contributed by atoms with Crippen molar-refractivity contribution in [3.63, 3.8) is 0 Å². The zero-order valence-corrected chi connectivity index (χ0v) is 9.41. The summed E-state index contributed by atoms with van der Waals surface area (Å²) in [5.74, 6) is 0.249. The number of alkyl halides is 1. The summed E-state index contributed by atoms with van der Waals surface area (Å²) in [6.45, 7) is 0. The Bertz CT molecular complexity index is 336. The first-order chi connectivity index (χ1) is 7.06. The number of pyridine rings is 1. The van der Waals surface area contributed by atoms with E-state index in [-0.39, 0.29) is 23.1 Å². The molecule has 2 atom stereocenters. The highest BCUT2D eigenvalue weighted by Crippen LogP contribution is 2.24. The van der Waals surface area contributed by atoms with E-state index in [1.165, 1.54) is 12.1 Å². The van der Waals surface area contributed by atoms with E-state index in [0.717, 1.165) is 0 Å². The molecule has 84 valence electrons. The minimum absolute atomic E-state index is 0.181. The fraction of sp³-hybridized carbons (Fsp3) is 0.444. The molecular weight excluding hydrogens is 239 g/mol. The standard InChI is InChI=1S/C9H12Cl2N2O2/c10-4-3-6(14)9(15)8-5(12)1-2-7(11)13-8/h1-2,6,9,14-15H,3-4,12H2. The molecular formula is C9H12Cl2N2O2. The molecule has 1 heterocycles. The molecule has 0 spiro atoms. The number of halogens is 2. The lowest BCUT2D eigenvalue weighted by molar-refractivity contribution is 0.0149. The monoisotopic (exact) mass is 250 g/mol. The molecule has 15 heavy (non-hydrogen) atoms. The number of anilines is 1. The van der Waals surface area contributed by atoms with Crippen LogP contribution in [0.5, 0.6) is 0 Å². The Labute approximate surface area is 97.6 Å². The molecule has 0 aliphatic carbocycles. The second-order valence-electron chi connectivity index (χ2n) is 3.10. The maximum atomic E-state index is 9.72. The molecule has 6 heteroatoms. The summed E-state index contributed by atoms with van der Waals surface area (Å²) in [6.07, 6.45) is -1.89. The van der Waals surface area contributed by atoms with Crippen molar-refractivity contribution >= 4 is 28.9 Å². The zero-order valence-electron chi connectivity index (χ0n) is 7.90. The minimum atomic E-state index is -1.16. The van der Waals surface area contributed by atoms with Gasteiger partial charge in [-0.2, -0.15) is 0 Å². The maximum absolute atomic E-state index is 9.72. The van der Waals surface area contributed by atoms with Gasteiger partial charge in [0.1, 0.15) is 11.3 Å². The van der Waals surface area contributed by atoms with Gasteiger partial charge in [0.15, 0.2) is 0 Å². The highest BCUT2D eigenvalue weighted by atomic mass is 35.5. The van der Waals surface area contributed by atoms with Crippen molar-refractivity contribution in [3.05, 3.63) is 23.0 Å². The summed E-state index contributed by atoms with van der Waals surface area (Å²) < 4.78 is 0. The summed E-state index contributed by atoms with van der Waals surface area (Å²) in [4.78, 5) is 3.86. The molecule has 0 aliphatic heterocycles. The van der Waals surface area contributed by atoms with E-state index < -0.39 is 12.2 Å². The average molecular weight is 251 g/mol. The maximum Gasteiger partial charge on any atom is 0.129 e. The van der Waals surface area contributed by atoms with Crippen LogP contribution in [-0.4, -0.2) is 27.2 Å². The molecule has 0 aromatic carbocycles. The Balaban J connectivity index is 2.89. The fourth-order valence-electron chi connectivity index (χ4n) is 1.15. The van der Waals surface area contributed by atoms with Crippen LogP contribution in [0, 0.1) is 0 Å². The van der Waals surface area contributed by atoms with Gasteiger partial charge in [-0.25, -0.2) is 4.98 Å². The van der Waals surface area contributed by atoms with Crippen LogP contribution in [-0.2, 0) is 0 Å². The summed E-state index contributed by atoms with van der Waals surface area (Å²) >= 11 is 11.1. The molecule has 4 nitrogen and oxygen atoms in total. The first-order valence-corrected chi connectivity index (χ1v) is 5.31. The van der Waals surface area contributed by atoms with E-state index in [1.54, 1.807) is 0 Å². The largest absolute Gasteiger partial charge is 0.397 e. The normalized spacial score (nSPS) is 14.9. The number of hydrogen-bond donors (Lipinski definition) is 3. The van der Waals surface area contributed by atoms with E-state index in [1.807, 2.05) is 0 Å². The van der Waals surface area contributed by atoms with Gasteiger partial charge in [-0.05, 0) is 18.6 Å². The van der Waals surface area contributed by atoms with Crippen molar-refractivity contribution in [3.8, 4) is 0 Å². The quantitative estimate of drug-likeness (QED) is 0.557. The van der Waals surface area contributed by atoms with Crippen molar-refractivity contribution in [1.82, 2.24) is 4.98 Å². The SMILES string of the molecule is Nc1ccc(Cl)nc1C(O)C(O)CCCl. The average Bonchev–Trinajstić information content (AvgIpc) is 2.21. The molecule has 0 radical (unpaired) electrons. The fourth-order valence-corrected chi connectivity index (χ4v) is 1.53. The van der Waals surface area contributed by atoms with Gasteiger partial charge < -0.3 is 15.9 Å². The van der Waals surface area contributed by atoms with Crippen molar-refractivity contribution < 1.29 is 10.2 Å². The summed E-state index contributed by atoms with van der Waals surface area (Å²) in [5, 5.41) is 19.4. The minimum Gasteiger partial charge on any atom is -0.397 e. The number of aromatic nitrogens is 1. The Morgan fingerprint density at radius 2 is 2.07 bits per heavy atom. The van der Waals surface area contributed by atoms with Gasteiger partial charge in [0.05, 0.1) is 17.5 Å². The lowest BCUT2D eigenvalue weighted by Gasteiger charge is -2.17. The summed E-state index contributed by atoms with van der Waals surface area (Å²) in [7, 11) is 0. The summed E-state index contributed by atoms with van der Waals surface area (Å²) in [5.41, 5.74) is 6.07. The Morgan fingerprint density at radius 1 is 1.40 bits per heavy atom. The lowest BCUT2D eigenvalue weighted by Crippen LogP contribution is -2.21. The number of nitrogens with two attached hydrogens (primary N) is 1. The van der Waals surface area contributed by atoms with E-state index in [9.17, 15) is 10.2 Å². The lowest BCUT2D eigenvalue weighted by atomic mass is 10.1. The molecule has 2 unspecified atom stereocenters. The van der Waals surface area contributed by atoms with Crippen LogP contribution in [0.3, 0.4) is 0 Å². The van der Waals surface area contributed by atoms with Crippen LogP contribution < -0.4 is 5.73 Å². The molecule has 0 saturated carbocycles. The third-order valence-corrected chi connectivity index (χ3v) is 2.40. The van der Waals surface area contributed by atoms with Crippen LogP contribution in [0.25, 0.3) is 0 Å². The number of nitrogens with zero attached hydrogens (tertiary/aromatic N) is 1. The first-order valence-electron chi connectivity index (χ1n) is 4.40. The molecule has 0 saturated heterocycles. The number of nitrogen functional groups attached to an aromatic ring is 1. The van der Waals surface area contributed by atoms with E-state index in [4.69, 9.17) is 28.9 Å². The van der Waals surface area contributed by atoms with Crippen molar-refractivity contribution in [2.24, 2.45) is 0 Å². The van der Waals surface area contributed by atoms with Crippen molar-refractivity contribution in [1.29, 1.82) is 0 Å². The second kappa shape index (κ2) is 5.51. The number of hydrogen-bond acceptors (Lipinski definition) is 4. The van der Waals surface area contributed by atoms with E-state index in [2.05, 4.69) is 4.98 Å². The molecule has 4 N–H and O–H groups in total. The third kappa shape index (κ3) is 3.21. The smallest absolute Gasteiger partial charge is 0.129 e. The molecule has 1 aromatic rings. The van der Waals surface area contributed by atoms with Gasteiger partial charge >= 0.3 is 0 Å². The Morgan fingerprint density at radius 3 is 2.67 bits per heavy atom. The Hall–Kier alpha value is -0.550. The van der Waals surface area contributed by atoms with Crippen LogP contribution >= 0.6 is 23.2 Å². The first kappa shape index (κ1) is 12.5. The molecule has 1 aromatic heterocycles. The van der Waals surface area contributed by atoms with Gasteiger partial charge in [0.2, 0.25) is 0 Å². The van der Waals surface area contributed by atoms with Gasteiger partial charge in [-0.15, -0.1) is 11.6 Å². The van der Waals surface area contributed by atoms with Gasteiger partial charge in [-0.3, -0.25) is 0 Å². The predicted octanol–water partition coefficient (Wildman–Crippen LogP) is 1.34. The number of aliphatic hydroxyl groups excluding tert-OH is 2. The van der Waals surface area contributed by atoms with E-state index >= 15 is 0 Å².